The van der Waals surface area contributed by atoms with E-state index < -0.39 is 10.8 Å². The summed E-state index contributed by atoms with van der Waals surface area (Å²) in [5, 5.41) is 21.2. The number of hydrogen-bond acceptors (Lipinski definition) is 8. The molecule has 1 amide bonds. The molecule has 1 N–H and O–H groups in total. The topological polar surface area (TPSA) is 120 Å². The van der Waals surface area contributed by atoms with Crippen LogP contribution in [0.3, 0.4) is 0 Å². The van der Waals surface area contributed by atoms with Crippen molar-refractivity contribution in [2.75, 3.05) is 6.54 Å². The zero-order valence-electron chi connectivity index (χ0n) is 17.8. The smallest absolute Gasteiger partial charge is 0.273 e. The van der Waals surface area contributed by atoms with Gasteiger partial charge in [0.15, 0.2) is 0 Å². The number of hydrogen-bond donors (Lipinski definition) is 1. The molecule has 33 heavy (non-hydrogen) atoms. The highest BCUT2D eigenvalue weighted by Crippen LogP contribution is 2.35. The maximum atomic E-state index is 12.5. The minimum atomic E-state index is -0.521. The van der Waals surface area contributed by atoms with E-state index >= 15 is 0 Å². The summed E-state index contributed by atoms with van der Waals surface area (Å²) in [6.45, 7) is 3.73. The molecule has 168 valence electrons. The molecule has 9 nitrogen and oxygen atoms in total. The van der Waals surface area contributed by atoms with Crippen molar-refractivity contribution in [3.05, 3.63) is 85.1 Å². The van der Waals surface area contributed by atoms with Crippen LogP contribution in [0.25, 0.3) is 20.5 Å². The third-order valence-corrected chi connectivity index (χ3v) is 7.20. The van der Waals surface area contributed by atoms with E-state index in [0.717, 1.165) is 20.5 Å². The standard InChI is InChI=1S/C22H19N5O4S2/c1-13-15(5-3-6-17(13)27(30)31)21(29)23-10-11-26-19(28)9-8-16(25-26)20-14(2)24-22(33-20)18-7-4-12-32-18/h3-9,12H,10-11H2,1-2H3,(H,23,29). The van der Waals surface area contributed by atoms with E-state index in [1.807, 2.05) is 24.4 Å². The number of carbonyl (C=O) groups excluding carboxylic acids is 1. The second-order valence-corrected chi connectivity index (χ2v) is 9.10. The summed E-state index contributed by atoms with van der Waals surface area (Å²) in [4.78, 5) is 42.0. The van der Waals surface area contributed by atoms with Crippen LogP contribution in [-0.2, 0) is 6.54 Å². The third-order valence-electron chi connectivity index (χ3n) is 4.98. The summed E-state index contributed by atoms with van der Waals surface area (Å²) in [6.07, 6.45) is 0. The van der Waals surface area contributed by atoms with Crippen molar-refractivity contribution in [2.24, 2.45) is 0 Å². The predicted molar refractivity (Wildman–Crippen MR) is 128 cm³/mol. The van der Waals surface area contributed by atoms with Crippen molar-refractivity contribution in [1.29, 1.82) is 0 Å². The highest BCUT2D eigenvalue weighted by Gasteiger charge is 2.18. The molecule has 0 aliphatic carbocycles. The quantitative estimate of drug-likeness (QED) is 0.314. The lowest BCUT2D eigenvalue weighted by Crippen LogP contribution is -2.32. The van der Waals surface area contributed by atoms with Gasteiger partial charge in [0.1, 0.15) is 10.7 Å². The van der Waals surface area contributed by atoms with Gasteiger partial charge in [-0.15, -0.1) is 22.7 Å². The molecule has 0 saturated carbocycles. The average molecular weight is 482 g/mol. The molecule has 0 atom stereocenters. The Morgan fingerprint density at radius 1 is 1.18 bits per heavy atom. The molecule has 3 aromatic heterocycles. The van der Waals surface area contributed by atoms with E-state index in [-0.39, 0.29) is 29.9 Å². The van der Waals surface area contributed by atoms with Crippen LogP contribution in [-0.4, -0.2) is 32.1 Å². The normalized spacial score (nSPS) is 10.8. The van der Waals surface area contributed by atoms with Crippen molar-refractivity contribution in [2.45, 2.75) is 20.4 Å². The highest BCUT2D eigenvalue weighted by atomic mass is 32.1. The minimum absolute atomic E-state index is 0.116. The van der Waals surface area contributed by atoms with E-state index in [4.69, 9.17) is 0 Å². The van der Waals surface area contributed by atoms with Gasteiger partial charge in [0, 0.05) is 29.8 Å². The maximum absolute atomic E-state index is 12.5. The van der Waals surface area contributed by atoms with Gasteiger partial charge in [-0.05, 0) is 37.4 Å². The van der Waals surface area contributed by atoms with E-state index in [0.29, 0.717) is 11.3 Å². The summed E-state index contributed by atoms with van der Waals surface area (Å²) in [6, 6.07) is 11.4. The number of thiazole rings is 1. The number of aryl methyl sites for hydroxylation is 1. The van der Waals surface area contributed by atoms with Crippen molar-refractivity contribution < 1.29 is 9.72 Å². The van der Waals surface area contributed by atoms with Gasteiger partial charge in [0.2, 0.25) is 0 Å². The molecule has 0 aliphatic rings. The molecule has 11 heteroatoms. The van der Waals surface area contributed by atoms with Crippen LogP contribution in [0.5, 0.6) is 0 Å². The van der Waals surface area contributed by atoms with Crippen LogP contribution >= 0.6 is 22.7 Å². The van der Waals surface area contributed by atoms with Crippen LogP contribution in [0.15, 0.2) is 52.6 Å². The van der Waals surface area contributed by atoms with Crippen molar-refractivity contribution in [1.82, 2.24) is 20.1 Å². The van der Waals surface area contributed by atoms with Crippen LogP contribution in [0.2, 0.25) is 0 Å². The number of amides is 1. The Bertz CT molecular complexity index is 1390. The Balaban J connectivity index is 1.49. The monoisotopic (exact) mass is 481 g/mol. The molecule has 0 aliphatic heterocycles. The Morgan fingerprint density at radius 3 is 2.73 bits per heavy atom. The number of rotatable bonds is 7. The van der Waals surface area contributed by atoms with Crippen molar-refractivity contribution in [3.63, 3.8) is 0 Å². The number of thiophene rings is 1. The predicted octanol–water partition coefficient (Wildman–Crippen LogP) is 4.05. The molecule has 0 unspecified atom stereocenters. The number of nitro benzene ring substituents is 1. The van der Waals surface area contributed by atoms with Crippen molar-refractivity contribution in [3.8, 4) is 20.5 Å². The largest absolute Gasteiger partial charge is 0.350 e. The summed E-state index contributed by atoms with van der Waals surface area (Å²) in [7, 11) is 0. The van der Waals surface area contributed by atoms with Gasteiger partial charge < -0.3 is 5.32 Å². The van der Waals surface area contributed by atoms with Gasteiger partial charge in [-0.3, -0.25) is 19.7 Å². The number of nitro groups is 1. The van der Waals surface area contributed by atoms with Crippen LogP contribution in [0, 0.1) is 24.0 Å². The zero-order chi connectivity index (χ0) is 23.5. The minimum Gasteiger partial charge on any atom is -0.350 e. The molecule has 0 saturated heterocycles. The van der Waals surface area contributed by atoms with Gasteiger partial charge in [0.25, 0.3) is 17.2 Å². The van der Waals surface area contributed by atoms with Gasteiger partial charge in [-0.2, -0.15) is 5.10 Å². The lowest BCUT2D eigenvalue weighted by atomic mass is 10.1. The lowest BCUT2D eigenvalue weighted by Gasteiger charge is -2.09. The molecule has 4 aromatic rings. The first kappa shape index (κ1) is 22.5. The molecule has 0 spiro atoms. The molecular formula is C22H19N5O4S2. The number of nitrogens with zero attached hydrogens (tertiary/aromatic N) is 4. The van der Waals surface area contributed by atoms with Gasteiger partial charge in [-0.25, -0.2) is 9.67 Å². The molecular weight excluding hydrogens is 462 g/mol. The van der Waals surface area contributed by atoms with E-state index in [1.54, 1.807) is 17.4 Å². The molecule has 3 heterocycles. The van der Waals surface area contributed by atoms with Crippen LogP contribution in [0.1, 0.15) is 21.6 Å². The molecule has 0 fully saturated rings. The summed E-state index contributed by atoms with van der Waals surface area (Å²) >= 11 is 3.12. The Kier molecular flexibility index (Phi) is 6.43. The Morgan fingerprint density at radius 2 is 2.00 bits per heavy atom. The van der Waals surface area contributed by atoms with E-state index in [2.05, 4.69) is 15.4 Å². The molecule has 4 rings (SSSR count). The number of nitrogens with one attached hydrogen (secondary N) is 1. The number of carbonyl (C=O) groups is 1. The first-order valence-electron chi connectivity index (χ1n) is 9.97. The summed E-state index contributed by atoms with van der Waals surface area (Å²) < 4.78 is 1.29. The molecule has 0 radical (unpaired) electrons. The third kappa shape index (κ3) is 4.73. The SMILES string of the molecule is Cc1nc(-c2cccs2)sc1-c1ccc(=O)n(CCNC(=O)c2cccc([N+](=O)[O-])c2C)n1. The fourth-order valence-electron chi connectivity index (χ4n) is 3.31. The fourth-order valence-corrected chi connectivity index (χ4v) is 5.14. The average Bonchev–Trinajstić information content (AvgIpc) is 3.45. The second kappa shape index (κ2) is 9.43. The zero-order valence-corrected chi connectivity index (χ0v) is 19.4. The Hall–Kier alpha value is -3.70. The van der Waals surface area contributed by atoms with Crippen LogP contribution < -0.4 is 10.9 Å². The Labute approximate surface area is 196 Å². The maximum Gasteiger partial charge on any atom is 0.273 e. The van der Waals surface area contributed by atoms with Gasteiger partial charge in [-0.1, -0.05) is 12.1 Å². The first-order valence-corrected chi connectivity index (χ1v) is 11.7. The van der Waals surface area contributed by atoms with Crippen LogP contribution in [0.4, 0.5) is 5.69 Å². The van der Waals surface area contributed by atoms with Gasteiger partial charge >= 0.3 is 0 Å². The fraction of sp³-hybridized carbons (Fsp3) is 0.182. The number of aromatic nitrogens is 3. The lowest BCUT2D eigenvalue weighted by molar-refractivity contribution is -0.385. The van der Waals surface area contributed by atoms with Crippen molar-refractivity contribution >= 4 is 34.3 Å². The molecule has 1 aromatic carbocycles. The van der Waals surface area contributed by atoms with E-state index in [1.165, 1.54) is 47.2 Å². The first-order chi connectivity index (χ1) is 15.8. The summed E-state index contributed by atoms with van der Waals surface area (Å²) in [5.41, 5.74) is 1.57. The van der Waals surface area contributed by atoms with E-state index in [9.17, 15) is 19.7 Å². The second-order valence-electron chi connectivity index (χ2n) is 7.15. The molecule has 0 bridgehead atoms. The highest BCUT2D eigenvalue weighted by molar-refractivity contribution is 7.23. The number of benzene rings is 1. The van der Waals surface area contributed by atoms with Gasteiger partial charge in [0.05, 0.1) is 26.9 Å². The summed E-state index contributed by atoms with van der Waals surface area (Å²) in [5.74, 6) is -0.445.